The summed E-state index contributed by atoms with van der Waals surface area (Å²) in [5.74, 6) is 0. The highest BCUT2D eigenvalue weighted by Crippen LogP contribution is 2.44. The molecule has 0 N–H and O–H groups in total. The van der Waals surface area contributed by atoms with Gasteiger partial charge in [0, 0.05) is 28.4 Å². The lowest BCUT2D eigenvalue weighted by Crippen LogP contribution is -2.10. The fourth-order valence-electron chi connectivity index (χ4n) is 9.86. The third kappa shape index (κ3) is 6.82. The smallest absolute Gasteiger partial charge is 0.0491 e. The highest BCUT2D eigenvalue weighted by molar-refractivity contribution is 6.21. The van der Waals surface area contributed by atoms with Gasteiger partial charge in [0.15, 0.2) is 0 Å². The summed E-state index contributed by atoms with van der Waals surface area (Å²) in [6.07, 6.45) is 0. The van der Waals surface area contributed by atoms with Crippen LogP contribution in [0.3, 0.4) is 0 Å². The van der Waals surface area contributed by atoms with Crippen LogP contribution in [0.25, 0.3) is 110 Å². The summed E-state index contributed by atoms with van der Waals surface area (Å²) >= 11 is 0. The largest absolute Gasteiger partial charge is 0.341 e. The SMILES string of the molecule is CCn1c2ccccc2c2cc(-c3ccc(-c4ccc(-c5c6ccccc6c(-c6ccc(-c7ccc(-c8ccc(C(C)(C)C)cc8)cc7)cc6)c6ccccc56)cc4)cc3)ccc21. The van der Waals surface area contributed by atoms with E-state index in [1.807, 2.05) is 0 Å². The summed E-state index contributed by atoms with van der Waals surface area (Å²) in [4.78, 5) is 0. The predicted octanol–water partition coefficient (Wildman–Crippen LogP) is 17.4. The molecule has 0 unspecified atom stereocenters. The Morgan fingerprint density at radius 3 is 0.984 bits per heavy atom. The third-order valence-corrected chi connectivity index (χ3v) is 13.2. The number of benzene rings is 10. The topological polar surface area (TPSA) is 4.93 Å². The van der Waals surface area contributed by atoms with Crippen molar-refractivity contribution in [1.82, 2.24) is 4.57 Å². The maximum atomic E-state index is 2.41. The van der Waals surface area contributed by atoms with E-state index >= 15 is 0 Å². The van der Waals surface area contributed by atoms with E-state index in [9.17, 15) is 0 Å². The van der Waals surface area contributed by atoms with Crippen LogP contribution in [0.4, 0.5) is 0 Å². The Kier molecular flexibility index (Phi) is 9.43. The van der Waals surface area contributed by atoms with Crippen molar-refractivity contribution >= 4 is 43.4 Å². The first kappa shape index (κ1) is 38.4. The van der Waals surface area contributed by atoms with Crippen molar-refractivity contribution < 1.29 is 0 Å². The van der Waals surface area contributed by atoms with Crippen molar-refractivity contribution in [2.45, 2.75) is 39.7 Å². The van der Waals surface area contributed by atoms with Gasteiger partial charge >= 0.3 is 0 Å². The molecule has 0 saturated heterocycles. The number of hydrogen-bond donors (Lipinski definition) is 0. The summed E-state index contributed by atoms with van der Waals surface area (Å²) in [7, 11) is 0. The van der Waals surface area contributed by atoms with E-state index in [0.29, 0.717) is 0 Å². The molecule has 0 saturated carbocycles. The van der Waals surface area contributed by atoms with E-state index in [2.05, 4.69) is 245 Å². The highest BCUT2D eigenvalue weighted by Gasteiger charge is 2.18. The molecule has 63 heavy (non-hydrogen) atoms. The first-order chi connectivity index (χ1) is 30.8. The van der Waals surface area contributed by atoms with Gasteiger partial charge in [-0.15, -0.1) is 0 Å². The van der Waals surface area contributed by atoms with Crippen LogP contribution in [0.5, 0.6) is 0 Å². The molecule has 0 atom stereocenters. The van der Waals surface area contributed by atoms with Gasteiger partial charge in [-0.05, 0) is 124 Å². The molecule has 1 heterocycles. The molecular weight excluding hydrogens is 759 g/mol. The van der Waals surface area contributed by atoms with Crippen LogP contribution < -0.4 is 0 Å². The molecule has 0 fully saturated rings. The fraction of sp³-hybridized carbons (Fsp3) is 0.0968. The Morgan fingerprint density at radius 2 is 0.603 bits per heavy atom. The first-order valence-electron chi connectivity index (χ1n) is 22.3. The van der Waals surface area contributed by atoms with Crippen LogP contribution in [-0.4, -0.2) is 4.57 Å². The predicted molar refractivity (Wildman–Crippen MR) is 271 cm³/mol. The van der Waals surface area contributed by atoms with E-state index in [1.54, 1.807) is 0 Å². The number of fused-ring (bicyclic) bond motifs is 5. The zero-order valence-electron chi connectivity index (χ0n) is 36.4. The summed E-state index contributed by atoms with van der Waals surface area (Å²) in [5, 5.41) is 7.67. The van der Waals surface area contributed by atoms with Crippen molar-refractivity contribution in [2.75, 3.05) is 0 Å². The van der Waals surface area contributed by atoms with Gasteiger partial charge in [0.1, 0.15) is 0 Å². The van der Waals surface area contributed by atoms with E-state index in [-0.39, 0.29) is 5.41 Å². The molecule has 0 amide bonds. The Balaban J connectivity index is 0.891. The van der Waals surface area contributed by atoms with Crippen molar-refractivity contribution in [2.24, 2.45) is 0 Å². The van der Waals surface area contributed by atoms with E-state index < -0.39 is 0 Å². The highest BCUT2D eigenvalue weighted by atomic mass is 15.0. The lowest BCUT2D eigenvalue weighted by molar-refractivity contribution is 0.590. The number of hydrogen-bond acceptors (Lipinski definition) is 0. The third-order valence-electron chi connectivity index (χ3n) is 13.2. The van der Waals surface area contributed by atoms with Crippen molar-refractivity contribution in [3.8, 4) is 66.8 Å². The van der Waals surface area contributed by atoms with Gasteiger partial charge in [-0.2, -0.15) is 0 Å². The van der Waals surface area contributed by atoms with Crippen LogP contribution in [0, 0.1) is 0 Å². The molecule has 10 aromatic carbocycles. The maximum absolute atomic E-state index is 2.41. The lowest BCUT2D eigenvalue weighted by Gasteiger charge is -2.19. The average Bonchev–Trinajstić information content (AvgIpc) is 3.66. The van der Waals surface area contributed by atoms with Crippen molar-refractivity contribution in [3.63, 3.8) is 0 Å². The standard InChI is InChI=1S/C62H49N/c1-5-63-58-17-11-10-12-52(58)57-40-50(36-39-59(57)63)47-24-22-42(23-25-47)45-28-32-49(33-29-45)61-55-15-8-6-13-53(55)60(54-14-7-9-16-56(54)61)48-30-26-44(27-31-48)41-18-20-43(21-19-41)46-34-37-51(38-35-46)62(2,3)4/h6-40H,5H2,1-4H3. The molecule has 1 nitrogen and oxygen atoms in total. The van der Waals surface area contributed by atoms with E-state index in [1.165, 1.54) is 116 Å². The van der Waals surface area contributed by atoms with Gasteiger partial charge in [-0.3, -0.25) is 0 Å². The molecule has 0 aliphatic carbocycles. The molecule has 11 rings (SSSR count). The maximum Gasteiger partial charge on any atom is 0.0491 e. The van der Waals surface area contributed by atoms with Gasteiger partial charge in [-0.25, -0.2) is 0 Å². The molecule has 0 bridgehead atoms. The van der Waals surface area contributed by atoms with Gasteiger partial charge < -0.3 is 4.57 Å². The van der Waals surface area contributed by atoms with Gasteiger partial charge in [0.25, 0.3) is 0 Å². The number of nitrogens with zero attached hydrogens (tertiary/aromatic N) is 1. The Morgan fingerprint density at radius 1 is 0.302 bits per heavy atom. The number of aromatic nitrogens is 1. The average molecular weight is 808 g/mol. The number of para-hydroxylation sites is 1. The van der Waals surface area contributed by atoms with Crippen LogP contribution in [0.2, 0.25) is 0 Å². The Hall–Kier alpha value is -7.48. The zero-order chi connectivity index (χ0) is 42.7. The van der Waals surface area contributed by atoms with Crippen LogP contribution >= 0.6 is 0 Å². The monoisotopic (exact) mass is 807 g/mol. The minimum absolute atomic E-state index is 0.147. The molecule has 0 aliphatic heterocycles. The summed E-state index contributed by atoms with van der Waals surface area (Å²) in [5.41, 5.74) is 18.9. The molecule has 0 radical (unpaired) electrons. The van der Waals surface area contributed by atoms with Crippen LogP contribution in [-0.2, 0) is 12.0 Å². The van der Waals surface area contributed by atoms with E-state index in [0.717, 1.165) is 6.54 Å². The van der Waals surface area contributed by atoms with Gasteiger partial charge in [-0.1, -0.05) is 215 Å². The first-order valence-corrected chi connectivity index (χ1v) is 22.3. The Labute approximate surface area is 370 Å². The summed E-state index contributed by atoms with van der Waals surface area (Å²) in [6.45, 7) is 9.96. The molecule has 11 aromatic rings. The molecule has 302 valence electrons. The molecule has 0 aliphatic rings. The van der Waals surface area contributed by atoms with Crippen molar-refractivity contribution in [3.05, 3.63) is 218 Å². The number of aryl methyl sites for hydroxylation is 1. The van der Waals surface area contributed by atoms with Crippen LogP contribution in [0.15, 0.2) is 212 Å². The molecule has 1 heteroatoms. The second-order valence-corrected chi connectivity index (χ2v) is 18.0. The second-order valence-electron chi connectivity index (χ2n) is 18.0. The molecule has 0 spiro atoms. The Bertz CT molecular complexity index is 3390. The quantitative estimate of drug-likeness (QED) is 0.141. The minimum Gasteiger partial charge on any atom is -0.341 e. The molecular formula is C62H49N. The lowest BCUT2D eigenvalue weighted by atomic mass is 9.85. The zero-order valence-corrected chi connectivity index (χ0v) is 36.4. The fourth-order valence-corrected chi connectivity index (χ4v) is 9.86. The second kappa shape index (κ2) is 15.5. The minimum atomic E-state index is 0.147. The summed E-state index contributed by atoms with van der Waals surface area (Å²) in [6, 6.07) is 78.8. The van der Waals surface area contributed by atoms with Gasteiger partial charge in [0.05, 0.1) is 0 Å². The van der Waals surface area contributed by atoms with Crippen molar-refractivity contribution in [1.29, 1.82) is 0 Å². The van der Waals surface area contributed by atoms with Crippen LogP contribution in [0.1, 0.15) is 33.3 Å². The molecule has 1 aromatic heterocycles. The number of rotatable bonds is 7. The summed E-state index contributed by atoms with van der Waals surface area (Å²) < 4.78 is 2.41. The normalized spacial score (nSPS) is 11.9. The van der Waals surface area contributed by atoms with E-state index in [4.69, 9.17) is 0 Å². The van der Waals surface area contributed by atoms with Gasteiger partial charge in [0.2, 0.25) is 0 Å².